The number of amides is 4. The summed E-state index contributed by atoms with van der Waals surface area (Å²) in [6.45, 7) is 2.12. The van der Waals surface area contributed by atoms with E-state index in [0.29, 0.717) is 23.0 Å². The number of anilines is 2. The molecule has 0 unspecified atom stereocenters. The molecule has 1 aliphatic carbocycles. The zero-order valence-corrected chi connectivity index (χ0v) is 15.7. The van der Waals surface area contributed by atoms with Crippen molar-refractivity contribution in [1.82, 2.24) is 10.6 Å². The second-order valence-corrected chi connectivity index (χ2v) is 6.82. The monoisotopic (exact) mass is 380 g/mol. The first-order valence-corrected chi connectivity index (χ1v) is 9.32. The highest BCUT2D eigenvalue weighted by molar-refractivity contribution is 5.96. The van der Waals surface area contributed by atoms with Gasteiger partial charge >= 0.3 is 6.03 Å². The molecular formula is C21H24N4O3. The van der Waals surface area contributed by atoms with Gasteiger partial charge in [-0.25, -0.2) is 4.79 Å². The van der Waals surface area contributed by atoms with Crippen molar-refractivity contribution in [3.05, 3.63) is 59.7 Å². The first-order valence-electron chi connectivity index (χ1n) is 9.32. The number of rotatable bonds is 7. The van der Waals surface area contributed by atoms with Gasteiger partial charge in [0.25, 0.3) is 5.91 Å². The average Bonchev–Trinajstić information content (AvgIpc) is 3.47. The Balaban J connectivity index is 1.40. The van der Waals surface area contributed by atoms with Gasteiger partial charge in [-0.3, -0.25) is 9.59 Å². The molecule has 0 atom stereocenters. The van der Waals surface area contributed by atoms with E-state index in [1.807, 2.05) is 25.1 Å². The molecule has 3 rings (SSSR count). The summed E-state index contributed by atoms with van der Waals surface area (Å²) in [6, 6.07) is 14.3. The number of carbonyl (C=O) groups is 3. The summed E-state index contributed by atoms with van der Waals surface area (Å²) in [4.78, 5) is 35.9. The predicted octanol–water partition coefficient (Wildman–Crippen LogP) is 3.04. The lowest BCUT2D eigenvalue weighted by atomic mass is 10.1. The summed E-state index contributed by atoms with van der Waals surface area (Å²) in [5, 5.41) is 11.1. The number of hydrogen-bond donors (Lipinski definition) is 4. The number of benzene rings is 2. The molecule has 0 spiro atoms. The molecule has 146 valence electrons. The largest absolute Gasteiger partial charge is 0.352 e. The van der Waals surface area contributed by atoms with Gasteiger partial charge < -0.3 is 21.3 Å². The first kappa shape index (κ1) is 19.4. The van der Waals surface area contributed by atoms with E-state index in [9.17, 15) is 14.4 Å². The van der Waals surface area contributed by atoms with Crippen molar-refractivity contribution in [3.8, 4) is 0 Å². The van der Waals surface area contributed by atoms with Crippen LogP contribution in [0, 0.1) is 6.92 Å². The van der Waals surface area contributed by atoms with Crippen LogP contribution in [0.3, 0.4) is 0 Å². The van der Waals surface area contributed by atoms with Crippen LogP contribution in [-0.4, -0.2) is 30.4 Å². The molecule has 0 aliphatic heterocycles. The molecule has 28 heavy (non-hydrogen) atoms. The summed E-state index contributed by atoms with van der Waals surface area (Å²) in [7, 11) is 0. The third-order valence-corrected chi connectivity index (χ3v) is 4.37. The van der Waals surface area contributed by atoms with E-state index in [1.54, 1.807) is 30.3 Å². The number of urea groups is 1. The fraction of sp³-hybridized carbons (Fsp3) is 0.286. The molecular weight excluding hydrogens is 356 g/mol. The lowest BCUT2D eigenvalue weighted by Gasteiger charge is -2.09. The molecule has 0 radical (unpaired) electrons. The maximum Gasteiger partial charge on any atom is 0.319 e. The van der Waals surface area contributed by atoms with Crippen molar-refractivity contribution < 1.29 is 14.4 Å². The van der Waals surface area contributed by atoms with Gasteiger partial charge in [0.1, 0.15) is 0 Å². The van der Waals surface area contributed by atoms with Gasteiger partial charge in [0.05, 0.1) is 0 Å². The Hall–Kier alpha value is -3.35. The Morgan fingerprint density at radius 2 is 1.57 bits per heavy atom. The predicted molar refractivity (Wildman–Crippen MR) is 108 cm³/mol. The van der Waals surface area contributed by atoms with E-state index in [0.717, 1.165) is 18.4 Å². The minimum atomic E-state index is -0.219. The van der Waals surface area contributed by atoms with Gasteiger partial charge in [-0.15, -0.1) is 0 Å². The second kappa shape index (κ2) is 9.03. The lowest BCUT2D eigenvalue weighted by molar-refractivity contribution is -0.116. The van der Waals surface area contributed by atoms with E-state index in [2.05, 4.69) is 21.3 Å². The summed E-state index contributed by atoms with van der Waals surface area (Å²) < 4.78 is 0. The van der Waals surface area contributed by atoms with E-state index in [1.165, 1.54) is 0 Å². The summed E-state index contributed by atoms with van der Waals surface area (Å²) in [5.74, 6) is -0.386. The molecule has 1 saturated carbocycles. The Kier molecular flexibility index (Phi) is 6.26. The standard InChI is InChI=1S/C21H24N4O3/c1-14-4-2-3-5-18(14)20(27)22-13-12-19(26)23-15-6-8-16(9-7-15)24-21(28)25-17-10-11-17/h2-9,17H,10-13H2,1H3,(H,22,27)(H,23,26)(H2,24,25,28). The number of nitrogens with one attached hydrogen (secondary N) is 4. The van der Waals surface area contributed by atoms with Crippen molar-refractivity contribution in [2.45, 2.75) is 32.2 Å². The van der Waals surface area contributed by atoms with Crippen LogP contribution >= 0.6 is 0 Å². The molecule has 1 fully saturated rings. The average molecular weight is 380 g/mol. The normalized spacial score (nSPS) is 12.8. The Morgan fingerprint density at radius 1 is 0.929 bits per heavy atom. The van der Waals surface area contributed by atoms with Crippen LogP contribution in [0.4, 0.5) is 16.2 Å². The molecule has 4 amide bonds. The zero-order chi connectivity index (χ0) is 19.9. The third kappa shape index (κ3) is 5.84. The van der Waals surface area contributed by atoms with Crippen molar-refractivity contribution >= 4 is 29.2 Å². The molecule has 2 aromatic carbocycles. The van der Waals surface area contributed by atoms with Gasteiger partial charge in [0.2, 0.25) is 5.91 Å². The van der Waals surface area contributed by atoms with Crippen LogP contribution in [0.5, 0.6) is 0 Å². The van der Waals surface area contributed by atoms with Crippen LogP contribution in [0.1, 0.15) is 35.2 Å². The molecule has 4 N–H and O–H groups in total. The topological polar surface area (TPSA) is 99.3 Å². The molecule has 0 saturated heterocycles. The number of hydrogen-bond acceptors (Lipinski definition) is 3. The molecule has 7 nitrogen and oxygen atoms in total. The molecule has 0 bridgehead atoms. The summed E-state index contributed by atoms with van der Waals surface area (Å²) in [5.41, 5.74) is 2.78. The maximum atomic E-state index is 12.1. The van der Waals surface area contributed by atoms with E-state index in [4.69, 9.17) is 0 Å². The first-order chi connectivity index (χ1) is 13.5. The molecule has 1 aliphatic rings. The molecule has 2 aromatic rings. The third-order valence-electron chi connectivity index (χ3n) is 4.37. The number of carbonyl (C=O) groups excluding carboxylic acids is 3. The van der Waals surface area contributed by atoms with E-state index >= 15 is 0 Å². The molecule has 7 heteroatoms. The van der Waals surface area contributed by atoms with Crippen LogP contribution in [0.15, 0.2) is 48.5 Å². The van der Waals surface area contributed by atoms with Crippen molar-refractivity contribution in [1.29, 1.82) is 0 Å². The smallest absolute Gasteiger partial charge is 0.319 e. The van der Waals surface area contributed by atoms with Gasteiger partial charge in [-0.1, -0.05) is 18.2 Å². The Bertz CT molecular complexity index is 860. The minimum Gasteiger partial charge on any atom is -0.352 e. The van der Waals surface area contributed by atoms with Crippen molar-refractivity contribution in [2.75, 3.05) is 17.2 Å². The maximum absolute atomic E-state index is 12.1. The van der Waals surface area contributed by atoms with E-state index < -0.39 is 0 Å². The fourth-order valence-electron chi connectivity index (χ4n) is 2.65. The second-order valence-electron chi connectivity index (χ2n) is 6.82. The van der Waals surface area contributed by atoms with Gasteiger partial charge in [-0.05, 0) is 55.7 Å². The zero-order valence-electron chi connectivity index (χ0n) is 15.7. The Morgan fingerprint density at radius 3 is 2.21 bits per heavy atom. The van der Waals surface area contributed by atoms with E-state index in [-0.39, 0.29) is 30.8 Å². The lowest BCUT2D eigenvalue weighted by Crippen LogP contribution is -2.30. The van der Waals surface area contributed by atoms with Gasteiger partial charge in [0.15, 0.2) is 0 Å². The summed E-state index contributed by atoms with van der Waals surface area (Å²) >= 11 is 0. The van der Waals surface area contributed by atoms with Crippen LogP contribution in [0.25, 0.3) is 0 Å². The van der Waals surface area contributed by atoms with Crippen molar-refractivity contribution in [2.24, 2.45) is 0 Å². The fourth-order valence-corrected chi connectivity index (χ4v) is 2.65. The van der Waals surface area contributed by atoms with Gasteiger partial charge in [-0.2, -0.15) is 0 Å². The highest BCUT2D eigenvalue weighted by Gasteiger charge is 2.23. The van der Waals surface area contributed by atoms with Crippen LogP contribution in [0.2, 0.25) is 0 Å². The SMILES string of the molecule is Cc1ccccc1C(=O)NCCC(=O)Nc1ccc(NC(=O)NC2CC2)cc1. The van der Waals surface area contributed by atoms with Crippen LogP contribution < -0.4 is 21.3 Å². The molecule has 0 heterocycles. The number of aryl methyl sites for hydroxylation is 1. The highest BCUT2D eigenvalue weighted by atomic mass is 16.2. The Labute approximate surface area is 163 Å². The van der Waals surface area contributed by atoms with Crippen LogP contribution in [-0.2, 0) is 4.79 Å². The van der Waals surface area contributed by atoms with Gasteiger partial charge in [0, 0.05) is 35.9 Å². The summed E-state index contributed by atoms with van der Waals surface area (Å²) in [6.07, 6.45) is 2.23. The quantitative estimate of drug-likeness (QED) is 0.594. The van der Waals surface area contributed by atoms with Crippen molar-refractivity contribution in [3.63, 3.8) is 0 Å². The molecule has 0 aromatic heterocycles. The minimum absolute atomic E-state index is 0.168. The highest BCUT2D eigenvalue weighted by Crippen LogP contribution is 2.19.